The highest BCUT2D eigenvalue weighted by Crippen LogP contribution is 2.49. The minimum absolute atomic E-state index is 0.139. The fourth-order valence-corrected chi connectivity index (χ4v) is 8.75. The van der Waals surface area contributed by atoms with Gasteiger partial charge in [0.1, 0.15) is 5.69 Å². The second-order valence-electron chi connectivity index (χ2n) is 15.5. The van der Waals surface area contributed by atoms with Crippen LogP contribution in [0.15, 0.2) is 188 Å². The third kappa shape index (κ3) is 5.47. The fraction of sp³-hybridized carbons (Fsp3) is 0.0566. The van der Waals surface area contributed by atoms with Gasteiger partial charge in [-0.3, -0.25) is 0 Å². The van der Waals surface area contributed by atoms with Crippen LogP contribution in [0.4, 0.5) is 0 Å². The molecule has 0 spiro atoms. The first kappa shape index (κ1) is 33.8. The van der Waals surface area contributed by atoms with Gasteiger partial charge in [0.15, 0.2) is 17.5 Å². The van der Waals surface area contributed by atoms with Gasteiger partial charge >= 0.3 is 0 Å². The number of nitrogens with zero attached hydrogens (tertiary/aromatic N) is 5. The Morgan fingerprint density at radius 2 is 0.931 bits per heavy atom. The lowest BCUT2D eigenvalue weighted by molar-refractivity contribution is 0.660. The van der Waals surface area contributed by atoms with Crippen LogP contribution in [-0.4, -0.2) is 24.6 Å². The molecular weight excluding hydrogens is 707 g/mol. The Kier molecular flexibility index (Phi) is 7.76. The summed E-state index contributed by atoms with van der Waals surface area (Å²) in [5.41, 5.74) is 15.2. The molecule has 3 heterocycles. The summed E-state index contributed by atoms with van der Waals surface area (Å²) in [7, 11) is 0. The van der Waals surface area contributed by atoms with Gasteiger partial charge in [-0.2, -0.15) is 5.10 Å². The van der Waals surface area contributed by atoms with E-state index in [0.29, 0.717) is 17.5 Å². The average molecular weight is 744 g/mol. The van der Waals surface area contributed by atoms with Crippen LogP contribution in [0.1, 0.15) is 25.0 Å². The van der Waals surface area contributed by atoms with Crippen LogP contribution in [0.2, 0.25) is 0 Å². The molecule has 0 fully saturated rings. The number of benzene rings is 7. The van der Waals surface area contributed by atoms with Gasteiger partial charge in [0, 0.05) is 44.2 Å². The Morgan fingerprint density at radius 1 is 0.414 bits per heavy atom. The first-order valence-corrected chi connectivity index (χ1v) is 19.7. The van der Waals surface area contributed by atoms with Crippen molar-refractivity contribution in [2.45, 2.75) is 19.3 Å². The van der Waals surface area contributed by atoms with Crippen molar-refractivity contribution >= 4 is 16.3 Å². The van der Waals surface area contributed by atoms with E-state index >= 15 is 0 Å². The molecule has 1 aliphatic rings. The SMILES string of the molecule is CC1(C)c2ccccc2-c2ccc(-c3nc(-c4ccccc4)nc(-c4ccc(-c5c(-c6ccccc6)nn6c(-c7ccccc7)cc7ccccc7c56)cc4)n3)cc21. The maximum absolute atomic E-state index is 5.39. The van der Waals surface area contributed by atoms with E-state index in [2.05, 4.69) is 182 Å². The standard InChI is InChI=1S/C53H37N5/c1-53(2)44-25-15-14-24-42(44)43-31-30-40(32-45(43)53)52-55-50(37-20-10-5-11-21-37)54-51(56-52)38-28-26-35(27-29-38)47-48(36-18-8-4-9-19-36)57-58-46(34-16-6-3-7-17-34)33-39-22-12-13-23-41(39)49(47)58/h3-33H,1-2H3. The number of hydrogen-bond donors (Lipinski definition) is 0. The van der Waals surface area contributed by atoms with Crippen LogP contribution in [0.3, 0.4) is 0 Å². The van der Waals surface area contributed by atoms with Gasteiger partial charge in [-0.25, -0.2) is 19.5 Å². The van der Waals surface area contributed by atoms with Crippen LogP contribution in [-0.2, 0) is 5.41 Å². The summed E-state index contributed by atoms with van der Waals surface area (Å²) in [5.74, 6) is 1.91. The maximum Gasteiger partial charge on any atom is 0.164 e. The Morgan fingerprint density at radius 3 is 1.64 bits per heavy atom. The molecule has 5 nitrogen and oxygen atoms in total. The van der Waals surface area contributed by atoms with Crippen molar-refractivity contribution < 1.29 is 0 Å². The molecule has 1 aliphatic carbocycles. The Balaban J connectivity index is 1.08. The van der Waals surface area contributed by atoms with Crippen molar-refractivity contribution in [1.82, 2.24) is 24.6 Å². The van der Waals surface area contributed by atoms with Crippen LogP contribution in [0, 0.1) is 0 Å². The zero-order valence-corrected chi connectivity index (χ0v) is 32.1. The zero-order valence-electron chi connectivity index (χ0n) is 32.1. The monoisotopic (exact) mass is 743 g/mol. The molecule has 5 heteroatoms. The van der Waals surface area contributed by atoms with Crippen LogP contribution in [0.5, 0.6) is 0 Å². The van der Waals surface area contributed by atoms with E-state index < -0.39 is 0 Å². The third-order valence-corrected chi connectivity index (χ3v) is 11.7. The molecule has 0 amide bonds. The molecule has 7 aromatic carbocycles. The lowest BCUT2D eigenvalue weighted by Crippen LogP contribution is -2.15. The molecule has 0 saturated carbocycles. The third-order valence-electron chi connectivity index (χ3n) is 11.7. The minimum Gasteiger partial charge on any atom is -0.231 e. The summed E-state index contributed by atoms with van der Waals surface area (Å²) in [6.45, 7) is 4.60. The number of hydrogen-bond acceptors (Lipinski definition) is 4. The van der Waals surface area contributed by atoms with E-state index in [0.717, 1.165) is 66.6 Å². The molecule has 58 heavy (non-hydrogen) atoms. The number of fused-ring (bicyclic) bond motifs is 6. The molecule has 0 aliphatic heterocycles. The van der Waals surface area contributed by atoms with Gasteiger partial charge < -0.3 is 0 Å². The lowest BCUT2D eigenvalue weighted by atomic mass is 9.82. The highest BCUT2D eigenvalue weighted by Gasteiger charge is 2.35. The molecule has 11 rings (SSSR count). The van der Waals surface area contributed by atoms with E-state index in [4.69, 9.17) is 20.1 Å². The van der Waals surface area contributed by atoms with Crippen molar-refractivity contribution in [3.63, 3.8) is 0 Å². The number of rotatable bonds is 6. The van der Waals surface area contributed by atoms with Crippen LogP contribution >= 0.6 is 0 Å². The van der Waals surface area contributed by atoms with Gasteiger partial charge in [0.05, 0.1) is 11.2 Å². The Labute approximate surface area is 337 Å². The summed E-state index contributed by atoms with van der Waals surface area (Å²) in [6.07, 6.45) is 0. The van der Waals surface area contributed by atoms with E-state index in [9.17, 15) is 0 Å². The van der Waals surface area contributed by atoms with Gasteiger partial charge in [-0.1, -0.05) is 190 Å². The minimum atomic E-state index is -0.139. The highest BCUT2D eigenvalue weighted by atomic mass is 15.2. The summed E-state index contributed by atoms with van der Waals surface area (Å²) < 4.78 is 2.13. The van der Waals surface area contributed by atoms with Crippen molar-refractivity contribution in [1.29, 1.82) is 0 Å². The van der Waals surface area contributed by atoms with Crippen molar-refractivity contribution in [2.24, 2.45) is 0 Å². The molecular formula is C53H37N5. The van der Waals surface area contributed by atoms with Gasteiger partial charge in [0.2, 0.25) is 0 Å². The smallest absolute Gasteiger partial charge is 0.164 e. The Hall–Kier alpha value is -7.50. The van der Waals surface area contributed by atoms with E-state index in [-0.39, 0.29) is 5.41 Å². The maximum atomic E-state index is 5.39. The summed E-state index contributed by atoms with van der Waals surface area (Å²) in [4.78, 5) is 15.4. The van der Waals surface area contributed by atoms with E-state index in [1.54, 1.807) is 0 Å². The van der Waals surface area contributed by atoms with Gasteiger partial charge in [-0.05, 0) is 45.3 Å². The second kappa shape index (κ2) is 13.3. The highest BCUT2D eigenvalue weighted by molar-refractivity contribution is 6.08. The lowest BCUT2D eigenvalue weighted by Gasteiger charge is -2.21. The van der Waals surface area contributed by atoms with Crippen molar-refractivity contribution in [3.05, 3.63) is 199 Å². The Bertz CT molecular complexity index is 3170. The topological polar surface area (TPSA) is 56.0 Å². The quantitative estimate of drug-likeness (QED) is 0.170. The normalized spacial score (nSPS) is 12.8. The second-order valence-corrected chi connectivity index (χ2v) is 15.5. The number of aromatic nitrogens is 5. The first-order chi connectivity index (χ1) is 28.5. The summed E-state index contributed by atoms with van der Waals surface area (Å²) in [5, 5.41) is 7.70. The van der Waals surface area contributed by atoms with Crippen molar-refractivity contribution in [2.75, 3.05) is 0 Å². The average Bonchev–Trinajstić information content (AvgIpc) is 3.80. The van der Waals surface area contributed by atoms with E-state index in [1.807, 2.05) is 24.3 Å². The number of pyridine rings is 1. The molecule has 3 aromatic heterocycles. The molecule has 274 valence electrons. The van der Waals surface area contributed by atoms with Crippen LogP contribution < -0.4 is 0 Å². The van der Waals surface area contributed by atoms with Crippen LogP contribution in [0.25, 0.3) is 95.2 Å². The molecule has 0 saturated heterocycles. The zero-order chi connectivity index (χ0) is 38.8. The molecule has 0 radical (unpaired) electrons. The first-order valence-electron chi connectivity index (χ1n) is 19.7. The predicted octanol–water partition coefficient (Wildman–Crippen LogP) is 13.0. The molecule has 0 bridgehead atoms. The fourth-order valence-electron chi connectivity index (χ4n) is 8.75. The largest absolute Gasteiger partial charge is 0.231 e. The van der Waals surface area contributed by atoms with Gasteiger partial charge in [-0.15, -0.1) is 0 Å². The van der Waals surface area contributed by atoms with E-state index in [1.165, 1.54) is 22.3 Å². The summed E-state index contributed by atoms with van der Waals surface area (Å²) >= 11 is 0. The van der Waals surface area contributed by atoms with Crippen molar-refractivity contribution in [3.8, 4) is 78.9 Å². The van der Waals surface area contributed by atoms with Gasteiger partial charge in [0.25, 0.3) is 0 Å². The molecule has 0 unspecified atom stereocenters. The molecule has 10 aromatic rings. The summed E-state index contributed by atoms with van der Waals surface area (Å²) in [6, 6.07) is 66.0. The predicted molar refractivity (Wildman–Crippen MR) is 236 cm³/mol. The molecule has 0 N–H and O–H groups in total. The molecule has 0 atom stereocenters.